The van der Waals surface area contributed by atoms with Crippen LogP contribution in [0.25, 0.3) is 0 Å². The first-order valence-electron chi connectivity index (χ1n) is 5.59. The maximum Gasteiger partial charge on any atom is 0.243 e. The molecule has 0 aliphatic carbocycles. The van der Waals surface area contributed by atoms with Gasteiger partial charge in [0.1, 0.15) is 0 Å². The molecule has 1 aliphatic rings. The lowest BCUT2D eigenvalue weighted by Gasteiger charge is -2.23. The molecule has 1 saturated heterocycles. The highest BCUT2D eigenvalue weighted by Gasteiger charge is 2.24. The molecule has 3 nitrogen and oxygen atoms in total. The number of carbonyl (C=O) groups is 1. The fourth-order valence-corrected chi connectivity index (χ4v) is 2.19. The smallest absolute Gasteiger partial charge is 0.243 e. The van der Waals surface area contributed by atoms with Crippen LogP contribution in [0.15, 0.2) is 18.2 Å². The van der Waals surface area contributed by atoms with Crippen molar-refractivity contribution in [2.45, 2.75) is 19.4 Å². The molecule has 1 fully saturated rings. The summed E-state index contributed by atoms with van der Waals surface area (Å²) in [6.07, 6.45) is 0.927. The van der Waals surface area contributed by atoms with Crippen LogP contribution in [0.5, 0.6) is 0 Å². The van der Waals surface area contributed by atoms with E-state index in [1.165, 1.54) is 0 Å². The summed E-state index contributed by atoms with van der Waals surface area (Å²) in [5, 5.41) is 4.15. The van der Waals surface area contributed by atoms with Crippen LogP contribution in [-0.4, -0.2) is 25.0 Å². The third-order valence-corrected chi connectivity index (χ3v) is 3.60. The van der Waals surface area contributed by atoms with E-state index in [0.29, 0.717) is 16.6 Å². The number of hydrogen-bond acceptors (Lipinski definition) is 2. The van der Waals surface area contributed by atoms with Gasteiger partial charge in [0.15, 0.2) is 0 Å². The van der Waals surface area contributed by atoms with Crippen molar-refractivity contribution in [2.24, 2.45) is 0 Å². The average molecular weight is 310 g/mol. The number of benzene rings is 1. The second-order valence-corrected chi connectivity index (χ2v) is 4.93. The number of nitrogens with zero attached hydrogens (tertiary/aromatic N) is 1. The Morgan fingerprint density at radius 1 is 1.33 bits per heavy atom. The van der Waals surface area contributed by atoms with Gasteiger partial charge in [-0.05, 0) is 38.1 Å². The van der Waals surface area contributed by atoms with Crippen LogP contribution in [0.3, 0.4) is 0 Å². The van der Waals surface area contributed by atoms with Crippen LogP contribution >= 0.6 is 35.6 Å². The third-order valence-electron chi connectivity index (χ3n) is 2.86. The van der Waals surface area contributed by atoms with Gasteiger partial charge in [-0.25, -0.2) is 0 Å². The predicted molar refractivity (Wildman–Crippen MR) is 78.1 cm³/mol. The first-order chi connectivity index (χ1) is 8.09. The highest BCUT2D eigenvalue weighted by Crippen LogP contribution is 2.28. The number of halogens is 3. The molecule has 1 atom stereocenters. The van der Waals surface area contributed by atoms with Crippen molar-refractivity contribution in [3.8, 4) is 0 Å². The van der Waals surface area contributed by atoms with Crippen LogP contribution in [0, 0.1) is 0 Å². The van der Waals surface area contributed by atoms with Gasteiger partial charge >= 0.3 is 0 Å². The molecule has 0 radical (unpaired) electrons. The van der Waals surface area contributed by atoms with Gasteiger partial charge < -0.3 is 10.2 Å². The first kappa shape index (κ1) is 15.6. The van der Waals surface area contributed by atoms with Gasteiger partial charge in [-0.1, -0.05) is 23.2 Å². The summed E-state index contributed by atoms with van der Waals surface area (Å²) in [5.74, 6) is 0.0703. The van der Waals surface area contributed by atoms with E-state index in [1.807, 2.05) is 13.0 Å². The fourth-order valence-electron chi connectivity index (χ4n) is 1.90. The van der Waals surface area contributed by atoms with Crippen molar-refractivity contribution in [2.75, 3.05) is 18.0 Å². The highest BCUT2D eigenvalue weighted by molar-refractivity contribution is 6.42. The summed E-state index contributed by atoms with van der Waals surface area (Å²) >= 11 is 11.8. The van der Waals surface area contributed by atoms with E-state index < -0.39 is 0 Å². The maximum absolute atomic E-state index is 12.1. The molecule has 0 aromatic heterocycles. The van der Waals surface area contributed by atoms with Gasteiger partial charge in [-0.15, -0.1) is 12.4 Å². The quantitative estimate of drug-likeness (QED) is 0.864. The van der Waals surface area contributed by atoms with Crippen LogP contribution in [-0.2, 0) is 4.79 Å². The SMILES string of the molecule is CC1NCCCN(c2ccc(Cl)c(Cl)c2)C1=O.Cl. The normalized spacial score (nSPS) is 20.3. The van der Waals surface area contributed by atoms with Crippen molar-refractivity contribution >= 4 is 47.2 Å². The largest absolute Gasteiger partial charge is 0.311 e. The van der Waals surface area contributed by atoms with Gasteiger partial charge in [0.05, 0.1) is 16.1 Å². The van der Waals surface area contributed by atoms with E-state index in [1.54, 1.807) is 17.0 Å². The van der Waals surface area contributed by atoms with Crippen LogP contribution in [0.1, 0.15) is 13.3 Å². The van der Waals surface area contributed by atoms with Gasteiger partial charge in [0, 0.05) is 12.2 Å². The zero-order valence-corrected chi connectivity index (χ0v) is 12.3. The molecule has 2 rings (SSSR count). The average Bonchev–Trinajstić information content (AvgIpc) is 2.47. The Morgan fingerprint density at radius 3 is 2.72 bits per heavy atom. The van der Waals surface area contributed by atoms with E-state index in [9.17, 15) is 4.79 Å². The Morgan fingerprint density at radius 2 is 2.06 bits per heavy atom. The first-order valence-corrected chi connectivity index (χ1v) is 6.35. The maximum atomic E-state index is 12.1. The lowest BCUT2D eigenvalue weighted by molar-refractivity contribution is -0.119. The minimum atomic E-state index is -0.160. The van der Waals surface area contributed by atoms with Crippen molar-refractivity contribution in [1.29, 1.82) is 0 Å². The molecule has 18 heavy (non-hydrogen) atoms. The molecule has 1 aromatic carbocycles. The number of carbonyl (C=O) groups excluding carboxylic acids is 1. The van der Waals surface area contributed by atoms with Gasteiger partial charge in [0.25, 0.3) is 0 Å². The van der Waals surface area contributed by atoms with Crippen molar-refractivity contribution < 1.29 is 4.79 Å². The fraction of sp³-hybridized carbons (Fsp3) is 0.417. The van der Waals surface area contributed by atoms with Gasteiger partial charge in [0.2, 0.25) is 5.91 Å². The second-order valence-electron chi connectivity index (χ2n) is 4.12. The number of hydrogen-bond donors (Lipinski definition) is 1. The summed E-state index contributed by atoms with van der Waals surface area (Å²) < 4.78 is 0. The molecular weight excluding hydrogens is 295 g/mol. The third kappa shape index (κ3) is 3.29. The van der Waals surface area contributed by atoms with Gasteiger partial charge in [-0.2, -0.15) is 0 Å². The van der Waals surface area contributed by atoms with Crippen LogP contribution in [0.4, 0.5) is 5.69 Å². The lowest BCUT2D eigenvalue weighted by atomic mass is 10.2. The minimum absolute atomic E-state index is 0. The molecule has 0 spiro atoms. The van der Waals surface area contributed by atoms with E-state index in [-0.39, 0.29) is 24.4 Å². The topological polar surface area (TPSA) is 32.3 Å². The monoisotopic (exact) mass is 308 g/mol. The Balaban J connectivity index is 0.00000162. The Bertz CT molecular complexity index is 439. The molecule has 1 heterocycles. The molecule has 1 N–H and O–H groups in total. The zero-order valence-electron chi connectivity index (χ0n) is 9.95. The van der Waals surface area contributed by atoms with Crippen molar-refractivity contribution in [3.05, 3.63) is 28.2 Å². The Labute approximate surface area is 123 Å². The van der Waals surface area contributed by atoms with E-state index in [0.717, 1.165) is 18.7 Å². The van der Waals surface area contributed by atoms with E-state index in [2.05, 4.69) is 5.32 Å². The highest BCUT2D eigenvalue weighted by atomic mass is 35.5. The Kier molecular flexibility index (Phi) is 5.73. The number of anilines is 1. The molecule has 1 aromatic rings. The minimum Gasteiger partial charge on any atom is -0.311 e. The summed E-state index contributed by atoms with van der Waals surface area (Å²) in [7, 11) is 0. The molecule has 1 aliphatic heterocycles. The molecule has 6 heteroatoms. The number of rotatable bonds is 1. The molecule has 100 valence electrons. The number of amides is 1. The molecule has 0 saturated carbocycles. The lowest BCUT2D eigenvalue weighted by Crippen LogP contribution is -2.41. The Hall–Kier alpha value is -0.480. The molecular formula is C12H15Cl3N2O. The molecule has 0 bridgehead atoms. The zero-order chi connectivity index (χ0) is 12.4. The predicted octanol–water partition coefficient (Wildman–Crippen LogP) is 3.13. The van der Waals surface area contributed by atoms with Crippen molar-refractivity contribution in [3.63, 3.8) is 0 Å². The summed E-state index contributed by atoms with van der Waals surface area (Å²) in [6.45, 7) is 3.43. The standard InChI is InChI=1S/C12H14Cl2N2O.ClH/c1-8-12(17)16(6-2-5-15-8)9-3-4-10(13)11(14)7-9;/h3-4,7-8,15H,2,5-6H2,1H3;1H. The van der Waals surface area contributed by atoms with Gasteiger partial charge in [-0.3, -0.25) is 4.79 Å². The summed E-state index contributed by atoms with van der Waals surface area (Å²) in [4.78, 5) is 13.9. The van der Waals surface area contributed by atoms with E-state index >= 15 is 0 Å². The number of nitrogens with one attached hydrogen (secondary N) is 1. The van der Waals surface area contributed by atoms with Crippen LogP contribution < -0.4 is 10.2 Å². The molecule has 1 amide bonds. The van der Waals surface area contributed by atoms with Crippen molar-refractivity contribution in [1.82, 2.24) is 5.32 Å². The summed E-state index contributed by atoms with van der Waals surface area (Å²) in [5.41, 5.74) is 0.806. The van der Waals surface area contributed by atoms with E-state index in [4.69, 9.17) is 23.2 Å². The molecule has 1 unspecified atom stereocenters. The second kappa shape index (κ2) is 6.62. The van der Waals surface area contributed by atoms with Crippen LogP contribution in [0.2, 0.25) is 10.0 Å². The summed E-state index contributed by atoms with van der Waals surface area (Å²) in [6, 6.07) is 5.12.